The number of H-pyrrole nitrogens is 1. The maximum Gasteiger partial charge on any atom is 0.252 e. The number of nitrogens with zero attached hydrogens (tertiary/aromatic N) is 5. The van der Waals surface area contributed by atoms with Gasteiger partial charge in [-0.3, -0.25) is 9.69 Å². The number of aromatic nitrogens is 5. The van der Waals surface area contributed by atoms with Crippen LogP contribution >= 0.6 is 0 Å². The normalized spacial score (nSPS) is 12.3. The van der Waals surface area contributed by atoms with Crippen LogP contribution in [0, 0.1) is 5.82 Å². The number of aromatic amines is 1. The summed E-state index contributed by atoms with van der Waals surface area (Å²) in [4.78, 5) is 18.2. The smallest absolute Gasteiger partial charge is 0.252 e. The summed E-state index contributed by atoms with van der Waals surface area (Å²) in [6.45, 7) is 3.23. The van der Waals surface area contributed by atoms with Crippen LogP contribution in [0.4, 0.5) is 4.39 Å². The second-order valence-corrected chi connectivity index (χ2v) is 8.81. The standard InChI is InChI=1S/C27H27FN6O3/c1-3-25(26-30-31-32-34(26)17-23-5-4-12-37-23)33(15-18-6-9-21(28)10-7-18)16-20-13-19-8-11-22(36-2)14-24(19)29-27(20)35/h4-14,25H,3,15-17H2,1-2H3,(H,29,35)/t25-/m0/s1. The van der Waals surface area contributed by atoms with Crippen LogP contribution in [0.1, 0.15) is 42.1 Å². The summed E-state index contributed by atoms with van der Waals surface area (Å²) < 4.78 is 26.1. The molecule has 0 spiro atoms. The van der Waals surface area contributed by atoms with E-state index < -0.39 is 0 Å². The molecule has 10 heteroatoms. The van der Waals surface area contributed by atoms with Gasteiger partial charge in [-0.2, -0.15) is 0 Å². The fourth-order valence-electron chi connectivity index (χ4n) is 4.51. The molecule has 3 heterocycles. The van der Waals surface area contributed by atoms with Crippen LogP contribution in [0.5, 0.6) is 5.75 Å². The Morgan fingerprint density at radius 2 is 1.97 bits per heavy atom. The topological polar surface area (TPSA) is 102 Å². The number of pyridine rings is 1. The Kier molecular flexibility index (Phi) is 7.09. The Balaban J connectivity index is 1.51. The zero-order valence-corrected chi connectivity index (χ0v) is 20.6. The summed E-state index contributed by atoms with van der Waals surface area (Å²) >= 11 is 0. The van der Waals surface area contributed by atoms with Crippen molar-refractivity contribution in [3.63, 3.8) is 0 Å². The van der Waals surface area contributed by atoms with Crippen molar-refractivity contribution in [2.24, 2.45) is 0 Å². The van der Waals surface area contributed by atoms with Crippen LogP contribution in [-0.2, 0) is 19.6 Å². The van der Waals surface area contributed by atoms with Crippen LogP contribution in [-0.4, -0.2) is 37.2 Å². The van der Waals surface area contributed by atoms with Gasteiger partial charge in [0.15, 0.2) is 5.82 Å². The van der Waals surface area contributed by atoms with E-state index in [-0.39, 0.29) is 17.4 Å². The third-order valence-electron chi connectivity index (χ3n) is 6.37. The highest BCUT2D eigenvalue weighted by molar-refractivity contribution is 5.80. The summed E-state index contributed by atoms with van der Waals surface area (Å²) in [6.07, 6.45) is 2.29. The van der Waals surface area contributed by atoms with E-state index in [0.717, 1.165) is 16.7 Å². The number of hydrogen-bond acceptors (Lipinski definition) is 7. The number of ether oxygens (including phenoxy) is 1. The molecular weight excluding hydrogens is 475 g/mol. The van der Waals surface area contributed by atoms with E-state index in [4.69, 9.17) is 9.15 Å². The van der Waals surface area contributed by atoms with Crippen molar-refractivity contribution in [1.82, 2.24) is 30.1 Å². The molecule has 0 unspecified atom stereocenters. The highest BCUT2D eigenvalue weighted by atomic mass is 19.1. The van der Waals surface area contributed by atoms with Gasteiger partial charge in [0, 0.05) is 24.7 Å². The van der Waals surface area contributed by atoms with Crippen molar-refractivity contribution in [2.45, 2.75) is 39.0 Å². The van der Waals surface area contributed by atoms with Gasteiger partial charge < -0.3 is 14.1 Å². The van der Waals surface area contributed by atoms with E-state index in [9.17, 15) is 9.18 Å². The minimum atomic E-state index is -0.300. The summed E-state index contributed by atoms with van der Waals surface area (Å²) in [5.41, 5.74) is 2.03. The highest BCUT2D eigenvalue weighted by Gasteiger charge is 2.26. The van der Waals surface area contributed by atoms with Crippen molar-refractivity contribution < 1.29 is 13.5 Å². The lowest BCUT2D eigenvalue weighted by Crippen LogP contribution is -2.32. The molecule has 0 fully saturated rings. The molecule has 1 N–H and O–H groups in total. The first-order chi connectivity index (χ1) is 18.0. The van der Waals surface area contributed by atoms with E-state index in [1.807, 2.05) is 37.3 Å². The number of benzene rings is 2. The first kappa shape index (κ1) is 24.4. The highest BCUT2D eigenvalue weighted by Crippen LogP contribution is 2.27. The fourth-order valence-corrected chi connectivity index (χ4v) is 4.51. The van der Waals surface area contributed by atoms with Crippen molar-refractivity contribution in [1.29, 1.82) is 0 Å². The first-order valence-electron chi connectivity index (χ1n) is 12.0. The average Bonchev–Trinajstić information content (AvgIpc) is 3.59. The van der Waals surface area contributed by atoms with Crippen LogP contribution in [0.3, 0.4) is 0 Å². The van der Waals surface area contributed by atoms with Gasteiger partial charge in [0.05, 0.1) is 24.9 Å². The van der Waals surface area contributed by atoms with Crippen LogP contribution < -0.4 is 10.3 Å². The number of halogens is 1. The number of nitrogens with one attached hydrogen (secondary N) is 1. The number of hydrogen-bond donors (Lipinski definition) is 1. The van der Waals surface area contributed by atoms with E-state index in [0.29, 0.717) is 48.7 Å². The molecule has 5 aromatic rings. The lowest BCUT2D eigenvalue weighted by molar-refractivity contribution is 0.161. The summed E-state index contributed by atoms with van der Waals surface area (Å²) in [5.74, 6) is 1.76. The molecule has 0 aliphatic carbocycles. The first-order valence-corrected chi connectivity index (χ1v) is 12.0. The maximum atomic E-state index is 13.6. The minimum absolute atomic E-state index is 0.185. The molecule has 37 heavy (non-hydrogen) atoms. The molecule has 0 bridgehead atoms. The van der Waals surface area contributed by atoms with E-state index in [2.05, 4.69) is 25.4 Å². The van der Waals surface area contributed by atoms with Crippen molar-refractivity contribution in [2.75, 3.05) is 7.11 Å². The van der Waals surface area contributed by atoms with Gasteiger partial charge in [-0.1, -0.05) is 19.1 Å². The quantitative estimate of drug-likeness (QED) is 0.301. The van der Waals surface area contributed by atoms with E-state index in [1.165, 1.54) is 12.1 Å². The van der Waals surface area contributed by atoms with Crippen molar-refractivity contribution >= 4 is 10.9 Å². The van der Waals surface area contributed by atoms with Crippen molar-refractivity contribution in [3.8, 4) is 5.75 Å². The van der Waals surface area contributed by atoms with Crippen LogP contribution in [0.2, 0.25) is 0 Å². The molecular formula is C27H27FN6O3. The van der Waals surface area contributed by atoms with Gasteiger partial charge in [-0.05, 0) is 70.3 Å². The maximum absolute atomic E-state index is 13.6. The van der Waals surface area contributed by atoms with Gasteiger partial charge in [0.1, 0.15) is 23.9 Å². The van der Waals surface area contributed by atoms with Gasteiger partial charge >= 0.3 is 0 Å². The molecule has 0 saturated heterocycles. The second-order valence-electron chi connectivity index (χ2n) is 8.81. The molecule has 0 aliphatic rings. The van der Waals surface area contributed by atoms with E-state index >= 15 is 0 Å². The molecule has 0 radical (unpaired) electrons. The molecule has 5 rings (SSSR count). The van der Waals surface area contributed by atoms with Crippen molar-refractivity contribution in [3.05, 3.63) is 106 Å². The molecule has 3 aromatic heterocycles. The molecule has 0 amide bonds. The zero-order valence-electron chi connectivity index (χ0n) is 20.6. The van der Waals surface area contributed by atoms with E-state index in [1.54, 1.807) is 36.3 Å². The van der Waals surface area contributed by atoms with Gasteiger partial charge in [-0.25, -0.2) is 9.07 Å². The third-order valence-corrected chi connectivity index (χ3v) is 6.37. The number of methoxy groups -OCH3 is 1. The molecule has 0 aliphatic heterocycles. The van der Waals surface area contributed by atoms with Gasteiger partial charge in [0.25, 0.3) is 5.56 Å². The molecule has 0 saturated carbocycles. The van der Waals surface area contributed by atoms with Crippen LogP contribution in [0.15, 0.2) is 76.1 Å². The lowest BCUT2D eigenvalue weighted by Gasteiger charge is -2.30. The number of furan rings is 1. The molecule has 2 aromatic carbocycles. The fraction of sp³-hybridized carbons (Fsp3) is 0.259. The number of tetrazole rings is 1. The lowest BCUT2D eigenvalue weighted by atomic mass is 10.1. The Bertz CT molecular complexity index is 1530. The van der Waals surface area contributed by atoms with Gasteiger partial charge in [0.2, 0.25) is 0 Å². The average molecular weight is 503 g/mol. The molecule has 9 nitrogen and oxygen atoms in total. The zero-order chi connectivity index (χ0) is 25.8. The number of fused-ring (bicyclic) bond motifs is 1. The largest absolute Gasteiger partial charge is 0.497 e. The second kappa shape index (κ2) is 10.8. The van der Waals surface area contributed by atoms with Gasteiger partial charge in [-0.15, -0.1) is 5.10 Å². The number of rotatable bonds is 10. The summed E-state index contributed by atoms with van der Waals surface area (Å²) in [5, 5.41) is 13.3. The Morgan fingerprint density at radius 1 is 1.14 bits per heavy atom. The summed E-state index contributed by atoms with van der Waals surface area (Å²) in [7, 11) is 1.59. The van der Waals surface area contributed by atoms with Crippen LogP contribution in [0.25, 0.3) is 10.9 Å². The molecule has 190 valence electrons. The monoisotopic (exact) mass is 502 g/mol. The minimum Gasteiger partial charge on any atom is -0.497 e. The SMILES string of the molecule is CC[C@@H](c1nnnn1Cc1ccco1)N(Cc1ccc(F)cc1)Cc1cc2ccc(OC)cc2[nH]c1=O. The predicted octanol–water partition coefficient (Wildman–Crippen LogP) is 4.46. The Morgan fingerprint density at radius 3 is 2.70 bits per heavy atom. The molecule has 1 atom stereocenters. The Hall–Kier alpha value is -4.31. The third kappa shape index (κ3) is 5.44. The predicted molar refractivity (Wildman–Crippen MR) is 135 cm³/mol. The summed E-state index contributed by atoms with van der Waals surface area (Å²) in [6, 6.07) is 17.3. The Labute approximate surface area is 212 Å².